The van der Waals surface area contributed by atoms with Crippen LogP contribution in [0, 0.1) is 6.92 Å². The average molecular weight is 136 g/mol. The van der Waals surface area contributed by atoms with Gasteiger partial charge in [-0.2, -0.15) is 0 Å². The Kier molecular flexibility index (Phi) is 2.05. The Morgan fingerprint density at radius 3 is 2.80 bits per heavy atom. The van der Waals surface area contributed by atoms with Crippen molar-refractivity contribution in [2.45, 2.75) is 6.92 Å². The Balaban J connectivity index is 2.75. The van der Waals surface area contributed by atoms with Gasteiger partial charge in [0.05, 0.1) is 0 Å². The summed E-state index contributed by atoms with van der Waals surface area (Å²) in [6.45, 7) is 1.86. The lowest BCUT2D eigenvalue weighted by Gasteiger charge is -1.80. The highest BCUT2D eigenvalue weighted by atomic mass is 16.3. The first kappa shape index (κ1) is 6.81. The second kappa shape index (κ2) is 3.01. The molecule has 0 atom stereocenters. The molecule has 1 aromatic heterocycles. The molecule has 0 spiro atoms. The number of carbonyl (C=O) groups excluding carboxylic acids is 1. The van der Waals surface area contributed by atoms with E-state index >= 15 is 0 Å². The lowest BCUT2D eigenvalue weighted by Crippen LogP contribution is -1.61. The van der Waals surface area contributed by atoms with Crippen molar-refractivity contribution in [1.82, 2.24) is 0 Å². The average Bonchev–Trinajstić information content (AvgIpc) is 2.31. The minimum absolute atomic E-state index is 0.713. The molecule has 0 radical (unpaired) electrons. The molecule has 0 saturated heterocycles. The summed E-state index contributed by atoms with van der Waals surface area (Å²) in [6, 6.07) is 3.67. The zero-order valence-electron chi connectivity index (χ0n) is 5.70. The molecule has 2 heteroatoms. The molecule has 0 aromatic carbocycles. The zero-order valence-corrected chi connectivity index (χ0v) is 5.70. The van der Waals surface area contributed by atoms with Gasteiger partial charge in [0.2, 0.25) is 0 Å². The normalized spacial score (nSPS) is 10.5. The summed E-state index contributed by atoms with van der Waals surface area (Å²) >= 11 is 0. The lowest BCUT2D eigenvalue weighted by atomic mass is 10.4. The van der Waals surface area contributed by atoms with E-state index in [1.807, 2.05) is 19.1 Å². The maximum absolute atomic E-state index is 9.86. The SMILES string of the molecule is Cc1ccc(C=CC=O)o1. The van der Waals surface area contributed by atoms with Gasteiger partial charge in [0, 0.05) is 0 Å². The molecule has 1 aromatic rings. The fourth-order valence-corrected chi connectivity index (χ4v) is 0.677. The molecule has 0 aliphatic heterocycles. The summed E-state index contributed by atoms with van der Waals surface area (Å²) in [7, 11) is 0. The van der Waals surface area contributed by atoms with Crippen molar-refractivity contribution in [2.24, 2.45) is 0 Å². The van der Waals surface area contributed by atoms with Crippen LogP contribution in [0.3, 0.4) is 0 Å². The van der Waals surface area contributed by atoms with Crippen LogP contribution in [0.4, 0.5) is 0 Å². The van der Waals surface area contributed by atoms with Crippen LogP contribution in [0.1, 0.15) is 11.5 Å². The molecule has 52 valence electrons. The second-order valence-corrected chi connectivity index (χ2v) is 1.94. The van der Waals surface area contributed by atoms with E-state index in [0.717, 1.165) is 12.0 Å². The van der Waals surface area contributed by atoms with Crippen molar-refractivity contribution in [3.8, 4) is 0 Å². The van der Waals surface area contributed by atoms with Crippen LogP contribution >= 0.6 is 0 Å². The van der Waals surface area contributed by atoms with E-state index in [0.29, 0.717) is 5.76 Å². The Morgan fingerprint density at radius 1 is 1.50 bits per heavy atom. The Hall–Kier alpha value is -1.31. The number of carbonyl (C=O) groups is 1. The second-order valence-electron chi connectivity index (χ2n) is 1.94. The molecular weight excluding hydrogens is 128 g/mol. The van der Waals surface area contributed by atoms with Gasteiger partial charge in [0.15, 0.2) is 0 Å². The number of aryl methyl sites for hydroxylation is 1. The first-order valence-electron chi connectivity index (χ1n) is 3.01. The van der Waals surface area contributed by atoms with Crippen molar-refractivity contribution < 1.29 is 9.21 Å². The number of aldehydes is 1. The molecule has 0 saturated carbocycles. The fourth-order valence-electron chi connectivity index (χ4n) is 0.677. The number of rotatable bonds is 2. The minimum Gasteiger partial charge on any atom is -0.462 e. The molecule has 0 bridgehead atoms. The van der Waals surface area contributed by atoms with Crippen LogP contribution in [0.25, 0.3) is 6.08 Å². The van der Waals surface area contributed by atoms with E-state index in [1.54, 1.807) is 6.08 Å². The maximum atomic E-state index is 9.86. The number of hydrogen-bond acceptors (Lipinski definition) is 2. The topological polar surface area (TPSA) is 30.2 Å². The van der Waals surface area contributed by atoms with Gasteiger partial charge >= 0.3 is 0 Å². The van der Waals surface area contributed by atoms with Crippen LogP contribution in [0.2, 0.25) is 0 Å². The molecule has 1 heterocycles. The molecular formula is C8H8O2. The largest absolute Gasteiger partial charge is 0.462 e. The summed E-state index contributed by atoms with van der Waals surface area (Å²) < 4.78 is 5.14. The number of furan rings is 1. The Bertz CT molecular complexity index is 246. The monoisotopic (exact) mass is 136 g/mol. The van der Waals surface area contributed by atoms with E-state index in [1.165, 1.54) is 6.08 Å². The van der Waals surface area contributed by atoms with Crippen LogP contribution in [-0.4, -0.2) is 6.29 Å². The summed E-state index contributed by atoms with van der Waals surface area (Å²) in [4.78, 5) is 9.86. The van der Waals surface area contributed by atoms with Crippen molar-refractivity contribution >= 4 is 12.4 Å². The zero-order chi connectivity index (χ0) is 7.40. The Labute approximate surface area is 59.2 Å². The molecule has 0 amide bonds. The molecule has 0 fully saturated rings. The standard InChI is InChI=1S/C8H8O2/c1-7-4-5-8(10-7)3-2-6-9/h2-6H,1H3. The summed E-state index contributed by atoms with van der Waals surface area (Å²) in [6.07, 6.45) is 3.75. The van der Waals surface area contributed by atoms with Crippen molar-refractivity contribution in [2.75, 3.05) is 0 Å². The maximum Gasteiger partial charge on any atom is 0.142 e. The lowest BCUT2D eigenvalue weighted by molar-refractivity contribution is -0.104. The summed E-state index contributed by atoms with van der Waals surface area (Å²) in [5, 5.41) is 0. The van der Waals surface area contributed by atoms with Gasteiger partial charge in [-0.25, -0.2) is 0 Å². The summed E-state index contributed by atoms with van der Waals surface area (Å²) in [5.74, 6) is 1.56. The minimum atomic E-state index is 0.713. The number of allylic oxidation sites excluding steroid dienone is 1. The highest BCUT2D eigenvalue weighted by molar-refractivity contribution is 5.72. The van der Waals surface area contributed by atoms with Crippen LogP contribution in [0.15, 0.2) is 22.6 Å². The highest BCUT2D eigenvalue weighted by Gasteiger charge is 1.90. The third-order valence-corrected chi connectivity index (χ3v) is 1.10. The van der Waals surface area contributed by atoms with Crippen molar-refractivity contribution in [3.63, 3.8) is 0 Å². The van der Waals surface area contributed by atoms with Gasteiger partial charge in [0.1, 0.15) is 17.8 Å². The van der Waals surface area contributed by atoms with E-state index in [4.69, 9.17) is 4.42 Å². The van der Waals surface area contributed by atoms with E-state index < -0.39 is 0 Å². The predicted octanol–water partition coefficient (Wildman–Crippen LogP) is 1.80. The molecule has 0 N–H and O–H groups in total. The van der Waals surface area contributed by atoms with Crippen molar-refractivity contribution in [1.29, 1.82) is 0 Å². The third kappa shape index (κ3) is 1.58. The van der Waals surface area contributed by atoms with Gasteiger partial charge in [-0.3, -0.25) is 4.79 Å². The molecule has 0 aliphatic rings. The van der Waals surface area contributed by atoms with Crippen LogP contribution < -0.4 is 0 Å². The molecule has 0 aliphatic carbocycles. The quantitative estimate of drug-likeness (QED) is 0.458. The van der Waals surface area contributed by atoms with Gasteiger partial charge in [-0.15, -0.1) is 0 Å². The summed E-state index contributed by atoms with van der Waals surface area (Å²) in [5.41, 5.74) is 0. The van der Waals surface area contributed by atoms with Gasteiger partial charge in [0.25, 0.3) is 0 Å². The Morgan fingerprint density at radius 2 is 2.30 bits per heavy atom. The van der Waals surface area contributed by atoms with Crippen LogP contribution in [0.5, 0.6) is 0 Å². The number of hydrogen-bond donors (Lipinski definition) is 0. The third-order valence-electron chi connectivity index (χ3n) is 1.10. The van der Waals surface area contributed by atoms with E-state index in [2.05, 4.69) is 0 Å². The first-order valence-corrected chi connectivity index (χ1v) is 3.01. The van der Waals surface area contributed by atoms with Gasteiger partial charge in [-0.1, -0.05) is 0 Å². The molecule has 1 rings (SSSR count). The molecule has 2 nitrogen and oxygen atoms in total. The molecule has 0 unspecified atom stereocenters. The first-order chi connectivity index (χ1) is 4.83. The smallest absolute Gasteiger partial charge is 0.142 e. The fraction of sp³-hybridized carbons (Fsp3) is 0.125. The van der Waals surface area contributed by atoms with Gasteiger partial charge < -0.3 is 4.42 Å². The predicted molar refractivity (Wildman–Crippen MR) is 38.5 cm³/mol. The van der Waals surface area contributed by atoms with Crippen LogP contribution in [-0.2, 0) is 4.79 Å². The van der Waals surface area contributed by atoms with E-state index in [-0.39, 0.29) is 0 Å². The molecule has 10 heavy (non-hydrogen) atoms. The van der Waals surface area contributed by atoms with E-state index in [9.17, 15) is 4.79 Å². The highest BCUT2D eigenvalue weighted by Crippen LogP contribution is 2.06. The van der Waals surface area contributed by atoms with Gasteiger partial charge in [-0.05, 0) is 31.2 Å². The van der Waals surface area contributed by atoms with Crippen molar-refractivity contribution in [3.05, 3.63) is 29.7 Å².